The Labute approximate surface area is 150 Å². The van der Waals surface area contributed by atoms with E-state index in [0.717, 1.165) is 18.4 Å². The molecule has 25 heavy (non-hydrogen) atoms. The molecular weight excluding hydrogens is 347 g/mol. The molecule has 1 fully saturated rings. The van der Waals surface area contributed by atoms with Crippen LogP contribution in [0.3, 0.4) is 0 Å². The number of hydrazone groups is 1. The van der Waals surface area contributed by atoms with Crippen LogP contribution < -0.4 is 10.7 Å². The molecule has 1 aromatic carbocycles. The van der Waals surface area contributed by atoms with E-state index in [2.05, 4.69) is 35.8 Å². The number of rotatable bonds is 3. The summed E-state index contributed by atoms with van der Waals surface area (Å²) in [5, 5.41) is 6.68. The van der Waals surface area contributed by atoms with Crippen molar-refractivity contribution in [3.8, 4) is 0 Å². The van der Waals surface area contributed by atoms with Crippen LogP contribution in [0, 0.1) is 17.3 Å². The summed E-state index contributed by atoms with van der Waals surface area (Å²) in [5.74, 6) is 1.23. The number of halogens is 3. The third-order valence-electron chi connectivity index (χ3n) is 5.37. The topological polar surface area (TPSA) is 36.4 Å². The van der Waals surface area contributed by atoms with Crippen LogP contribution in [0.15, 0.2) is 41.0 Å². The first-order chi connectivity index (χ1) is 11.7. The minimum atomic E-state index is -4.44. The SMILES string of the molecule is CC1(C)C2CC=C(C=NNC(=S)Nc3ccccc3C(F)(F)F)C1C2. The fourth-order valence-corrected chi connectivity index (χ4v) is 3.86. The zero-order valence-electron chi connectivity index (χ0n) is 14.0. The highest BCUT2D eigenvalue weighted by atomic mass is 32.1. The molecule has 1 aromatic rings. The van der Waals surface area contributed by atoms with E-state index in [1.807, 2.05) is 0 Å². The predicted octanol–water partition coefficient (Wildman–Crippen LogP) is 4.97. The fourth-order valence-electron chi connectivity index (χ4n) is 3.70. The van der Waals surface area contributed by atoms with Crippen LogP contribution in [0.4, 0.5) is 18.9 Å². The van der Waals surface area contributed by atoms with Crippen LogP contribution in [0.2, 0.25) is 0 Å². The van der Waals surface area contributed by atoms with Crippen molar-refractivity contribution in [3.63, 3.8) is 0 Å². The van der Waals surface area contributed by atoms with Crippen molar-refractivity contribution in [1.82, 2.24) is 5.43 Å². The minimum absolute atomic E-state index is 0.0232. The summed E-state index contributed by atoms with van der Waals surface area (Å²) in [6, 6.07) is 5.20. The molecule has 0 heterocycles. The highest BCUT2D eigenvalue weighted by molar-refractivity contribution is 7.80. The Morgan fingerprint density at radius 2 is 2.04 bits per heavy atom. The van der Waals surface area contributed by atoms with Crippen LogP contribution in [0.5, 0.6) is 0 Å². The third kappa shape index (κ3) is 3.56. The highest BCUT2D eigenvalue weighted by Crippen LogP contribution is 2.58. The van der Waals surface area contributed by atoms with Crippen molar-refractivity contribution in [2.75, 3.05) is 5.32 Å². The normalized spacial score (nSPS) is 24.4. The smallest absolute Gasteiger partial charge is 0.331 e. The molecule has 2 N–H and O–H groups in total. The molecule has 134 valence electrons. The predicted molar refractivity (Wildman–Crippen MR) is 97.4 cm³/mol. The molecule has 3 nitrogen and oxygen atoms in total. The molecule has 1 saturated carbocycles. The summed E-state index contributed by atoms with van der Waals surface area (Å²) < 4.78 is 38.9. The second-order valence-corrected chi connectivity index (χ2v) is 7.52. The van der Waals surface area contributed by atoms with Gasteiger partial charge in [0.05, 0.1) is 17.5 Å². The van der Waals surface area contributed by atoms with Crippen molar-refractivity contribution in [3.05, 3.63) is 41.5 Å². The number of allylic oxidation sites excluding steroid dienone is 2. The first kappa shape index (κ1) is 17.9. The van der Waals surface area contributed by atoms with Gasteiger partial charge < -0.3 is 5.32 Å². The highest BCUT2D eigenvalue weighted by Gasteiger charge is 2.50. The van der Waals surface area contributed by atoms with Gasteiger partial charge in [0.25, 0.3) is 0 Å². The number of alkyl halides is 3. The summed E-state index contributed by atoms with van der Waals surface area (Å²) in [4.78, 5) is 0. The number of benzene rings is 1. The van der Waals surface area contributed by atoms with E-state index >= 15 is 0 Å². The Morgan fingerprint density at radius 1 is 1.32 bits per heavy atom. The van der Waals surface area contributed by atoms with E-state index in [-0.39, 0.29) is 10.8 Å². The Hall–Kier alpha value is -1.89. The number of thiocarbonyl (C=S) groups is 1. The van der Waals surface area contributed by atoms with E-state index in [0.29, 0.717) is 11.3 Å². The molecule has 4 rings (SSSR count). The first-order valence-corrected chi connectivity index (χ1v) is 8.56. The number of nitrogens with one attached hydrogen (secondary N) is 2. The molecule has 2 atom stereocenters. The Kier molecular flexibility index (Phi) is 4.62. The molecule has 0 radical (unpaired) electrons. The second kappa shape index (κ2) is 6.44. The van der Waals surface area contributed by atoms with Gasteiger partial charge in [0, 0.05) is 0 Å². The lowest BCUT2D eigenvalue weighted by molar-refractivity contribution is -0.136. The molecular formula is C18H20F3N3S. The molecule has 2 bridgehead atoms. The molecule has 2 unspecified atom stereocenters. The zero-order chi connectivity index (χ0) is 18.2. The summed E-state index contributed by atoms with van der Waals surface area (Å²) in [6.45, 7) is 4.53. The van der Waals surface area contributed by atoms with Gasteiger partial charge in [-0.2, -0.15) is 18.3 Å². The molecule has 0 spiro atoms. The Balaban J connectivity index is 1.60. The van der Waals surface area contributed by atoms with E-state index in [1.165, 1.54) is 30.2 Å². The van der Waals surface area contributed by atoms with Crippen molar-refractivity contribution in [2.24, 2.45) is 22.4 Å². The Morgan fingerprint density at radius 3 is 2.68 bits per heavy atom. The van der Waals surface area contributed by atoms with Gasteiger partial charge in [0.2, 0.25) is 0 Å². The lowest BCUT2D eigenvalue weighted by Gasteiger charge is -2.55. The van der Waals surface area contributed by atoms with E-state index in [4.69, 9.17) is 12.2 Å². The number of hydrogen-bond acceptors (Lipinski definition) is 2. The van der Waals surface area contributed by atoms with Crippen molar-refractivity contribution >= 4 is 29.2 Å². The van der Waals surface area contributed by atoms with Gasteiger partial charge in [-0.25, -0.2) is 0 Å². The standard InChI is InChI=1S/C18H20F3N3S/c1-17(2)12-8-7-11(14(17)9-12)10-22-24-16(25)23-15-6-4-3-5-13(15)18(19,20)21/h3-7,10,12,14H,8-9H2,1-2H3,(H2,23,24,25). The van der Waals surface area contributed by atoms with Gasteiger partial charge in [0.15, 0.2) is 5.11 Å². The van der Waals surface area contributed by atoms with Gasteiger partial charge >= 0.3 is 6.18 Å². The van der Waals surface area contributed by atoms with Gasteiger partial charge in [-0.15, -0.1) is 0 Å². The van der Waals surface area contributed by atoms with Crippen LogP contribution in [0.25, 0.3) is 0 Å². The van der Waals surface area contributed by atoms with Crippen molar-refractivity contribution in [2.45, 2.75) is 32.9 Å². The van der Waals surface area contributed by atoms with Gasteiger partial charge in [0.1, 0.15) is 0 Å². The molecule has 0 aromatic heterocycles. The third-order valence-corrected chi connectivity index (χ3v) is 5.56. The monoisotopic (exact) mass is 367 g/mol. The number of hydrogen-bond donors (Lipinski definition) is 2. The fraction of sp³-hybridized carbons (Fsp3) is 0.444. The summed E-state index contributed by atoms with van der Waals surface area (Å²) in [5.41, 5.74) is 3.20. The van der Waals surface area contributed by atoms with Crippen LogP contribution in [0.1, 0.15) is 32.3 Å². The minimum Gasteiger partial charge on any atom is -0.331 e. The molecule has 3 aliphatic carbocycles. The molecule has 0 saturated heterocycles. The summed E-state index contributed by atoms with van der Waals surface area (Å²) in [6.07, 6.45) is 1.69. The zero-order valence-corrected chi connectivity index (χ0v) is 14.8. The number of para-hydroxylation sites is 1. The maximum atomic E-state index is 13.0. The van der Waals surface area contributed by atoms with Gasteiger partial charge in [-0.1, -0.05) is 32.1 Å². The molecule has 3 aliphatic rings. The number of fused-ring (bicyclic) bond motifs is 1. The van der Waals surface area contributed by atoms with Crippen LogP contribution >= 0.6 is 12.2 Å². The van der Waals surface area contributed by atoms with E-state index in [1.54, 1.807) is 6.21 Å². The molecule has 0 amide bonds. The average molecular weight is 367 g/mol. The lowest BCUT2D eigenvalue weighted by atomic mass is 9.49. The Bertz CT molecular complexity index is 737. The van der Waals surface area contributed by atoms with E-state index < -0.39 is 11.7 Å². The quantitative estimate of drug-likeness (QED) is 0.450. The maximum absolute atomic E-state index is 13.0. The lowest BCUT2D eigenvalue weighted by Crippen LogP contribution is -2.48. The van der Waals surface area contributed by atoms with Gasteiger partial charge in [-0.3, -0.25) is 5.43 Å². The molecule has 7 heteroatoms. The van der Waals surface area contributed by atoms with Crippen LogP contribution in [-0.2, 0) is 6.18 Å². The summed E-state index contributed by atoms with van der Waals surface area (Å²) in [7, 11) is 0. The van der Waals surface area contributed by atoms with Crippen molar-refractivity contribution in [1.29, 1.82) is 0 Å². The van der Waals surface area contributed by atoms with Gasteiger partial charge in [-0.05, 0) is 60.0 Å². The van der Waals surface area contributed by atoms with Crippen LogP contribution in [-0.4, -0.2) is 11.3 Å². The first-order valence-electron chi connectivity index (χ1n) is 8.16. The second-order valence-electron chi connectivity index (χ2n) is 7.11. The molecule has 0 aliphatic heterocycles. The van der Waals surface area contributed by atoms with E-state index in [9.17, 15) is 13.2 Å². The maximum Gasteiger partial charge on any atom is 0.418 e. The number of nitrogens with zero attached hydrogens (tertiary/aromatic N) is 1. The number of anilines is 1. The van der Waals surface area contributed by atoms with Crippen molar-refractivity contribution < 1.29 is 13.2 Å². The average Bonchev–Trinajstić information content (AvgIpc) is 2.54. The largest absolute Gasteiger partial charge is 0.418 e. The summed E-state index contributed by atoms with van der Waals surface area (Å²) >= 11 is 5.05.